The van der Waals surface area contributed by atoms with E-state index in [1.54, 1.807) is 0 Å². The first-order valence-corrected chi connectivity index (χ1v) is 6.20. The van der Waals surface area contributed by atoms with Crippen molar-refractivity contribution in [1.29, 1.82) is 0 Å². The Morgan fingerprint density at radius 2 is 2.00 bits per heavy atom. The number of nitrogens with one attached hydrogen (secondary N) is 1. The van der Waals surface area contributed by atoms with Gasteiger partial charge in [0.2, 0.25) is 5.91 Å². The third-order valence-electron chi connectivity index (χ3n) is 3.59. The quantitative estimate of drug-likeness (QED) is 0.827. The monoisotopic (exact) mass is 232 g/mol. The van der Waals surface area contributed by atoms with E-state index in [0.717, 1.165) is 18.4 Å². The molecule has 92 valence electrons. The van der Waals surface area contributed by atoms with Crippen molar-refractivity contribution in [3.8, 4) is 0 Å². The van der Waals surface area contributed by atoms with Gasteiger partial charge < -0.3 is 11.1 Å². The SMILES string of the molecule is Cc1ccc(CC(=O)NC2(CN)CCC2)cc1. The van der Waals surface area contributed by atoms with Crippen molar-refractivity contribution < 1.29 is 4.79 Å². The van der Waals surface area contributed by atoms with Crippen molar-refractivity contribution in [3.05, 3.63) is 35.4 Å². The van der Waals surface area contributed by atoms with Gasteiger partial charge in [-0.05, 0) is 31.7 Å². The Morgan fingerprint density at radius 1 is 1.35 bits per heavy atom. The predicted molar refractivity (Wildman–Crippen MR) is 68.7 cm³/mol. The molecule has 0 aliphatic heterocycles. The van der Waals surface area contributed by atoms with E-state index in [4.69, 9.17) is 5.73 Å². The minimum atomic E-state index is -0.109. The zero-order valence-corrected chi connectivity index (χ0v) is 10.3. The molecule has 3 heteroatoms. The second-order valence-electron chi connectivity index (χ2n) is 5.05. The summed E-state index contributed by atoms with van der Waals surface area (Å²) < 4.78 is 0. The minimum absolute atomic E-state index is 0.0824. The molecule has 0 bridgehead atoms. The first-order chi connectivity index (χ1) is 8.13. The van der Waals surface area contributed by atoms with Gasteiger partial charge in [0.05, 0.1) is 12.0 Å². The van der Waals surface area contributed by atoms with Gasteiger partial charge in [-0.15, -0.1) is 0 Å². The molecule has 1 aliphatic carbocycles. The highest BCUT2D eigenvalue weighted by Gasteiger charge is 2.36. The van der Waals surface area contributed by atoms with Gasteiger partial charge in [0.15, 0.2) is 0 Å². The number of carbonyl (C=O) groups excluding carboxylic acids is 1. The second kappa shape index (κ2) is 4.88. The summed E-state index contributed by atoms with van der Waals surface area (Å²) >= 11 is 0. The van der Waals surface area contributed by atoms with E-state index in [9.17, 15) is 4.79 Å². The van der Waals surface area contributed by atoms with Gasteiger partial charge in [0.1, 0.15) is 0 Å². The van der Waals surface area contributed by atoms with Crippen LogP contribution in [0.15, 0.2) is 24.3 Å². The van der Waals surface area contributed by atoms with Crippen LogP contribution in [-0.2, 0) is 11.2 Å². The summed E-state index contributed by atoms with van der Waals surface area (Å²) in [5.41, 5.74) is 7.88. The first kappa shape index (κ1) is 12.1. The van der Waals surface area contributed by atoms with Gasteiger partial charge in [0, 0.05) is 6.54 Å². The van der Waals surface area contributed by atoms with Crippen molar-refractivity contribution >= 4 is 5.91 Å². The van der Waals surface area contributed by atoms with Crippen LogP contribution in [0.5, 0.6) is 0 Å². The lowest BCUT2D eigenvalue weighted by atomic mass is 9.76. The number of nitrogens with two attached hydrogens (primary N) is 1. The molecule has 0 spiro atoms. The summed E-state index contributed by atoms with van der Waals surface area (Å²) in [6, 6.07) is 8.07. The Morgan fingerprint density at radius 3 is 2.47 bits per heavy atom. The molecule has 1 aromatic carbocycles. The second-order valence-corrected chi connectivity index (χ2v) is 5.05. The molecular formula is C14H20N2O. The van der Waals surface area contributed by atoms with Crippen LogP contribution in [-0.4, -0.2) is 18.0 Å². The third-order valence-corrected chi connectivity index (χ3v) is 3.59. The van der Waals surface area contributed by atoms with Crippen molar-refractivity contribution in [2.24, 2.45) is 5.73 Å². The summed E-state index contributed by atoms with van der Waals surface area (Å²) in [6.45, 7) is 2.59. The van der Waals surface area contributed by atoms with Gasteiger partial charge in [-0.3, -0.25) is 4.79 Å². The molecule has 2 rings (SSSR count). The molecule has 1 aliphatic rings. The molecule has 1 aromatic rings. The van der Waals surface area contributed by atoms with Gasteiger partial charge >= 0.3 is 0 Å². The van der Waals surface area contributed by atoms with E-state index in [2.05, 4.69) is 5.32 Å². The Labute approximate surface area is 102 Å². The molecule has 0 atom stereocenters. The lowest BCUT2D eigenvalue weighted by Gasteiger charge is -2.41. The first-order valence-electron chi connectivity index (χ1n) is 6.20. The van der Waals surface area contributed by atoms with Crippen LogP contribution in [0.25, 0.3) is 0 Å². The van der Waals surface area contributed by atoms with Gasteiger partial charge in [-0.1, -0.05) is 29.8 Å². The zero-order valence-electron chi connectivity index (χ0n) is 10.3. The number of benzene rings is 1. The number of amides is 1. The molecule has 1 saturated carbocycles. The Balaban J connectivity index is 1.91. The predicted octanol–water partition coefficient (Wildman–Crippen LogP) is 1.54. The lowest BCUT2D eigenvalue weighted by Crippen LogP contribution is -2.58. The highest BCUT2D eigenvalue weighted by atomic mass is 16.1. The average molecular weight is 232 g/mol. The largest absolute Gasteiger partial charge is 0.349 e. The van der Waals surface area contributed by atoms with Crippen LogP contribution in [0.3, 0.4) is 0 Å². The minimum Gasteiger partial charge on any atom is -0.349 e. The van der Waals surface area contributed by atoms with Crippen LogP contribution >= 0.6 is 0 Å². The van der Waals surface area contributed by atoms with Crippen molar-refractivity contribution in [3.63, 3.8) is 0 Å². The summed E-state index contributed by atoms with van der Waals surface area (Å²) in [4.78, 5) is 11.9. The standard InChI is InChI=1S/C14H20N2O/c1-11-3-5-12(6-4-11)9-13(17)16-14(10-15)7-2-8-14/h3-6H,2,7-10,15H2,1H3,(H,16,17). The Kier molecular flexibility index (Phi) is 3.48. The molecule has 0 radical (unpaired) electrons. The van der Waals surface area contributed by atoms with Crippen LogP contribution in [0.2, 0.25) is 0 Å². The van der Waals surface area contributed by atoms with Crippen LogP contribution in [0.4, 0.5) is 0 Å². The van der Waals surface area contributed by atoms with E-state index >= 15 is 0 Å². The van der Waals surface area contributed by atoms with E-state index in [1.807, 2.05) is 31.2 Å². The number of hydrogen-bond acceptors (Lipinski definition) is 2. The van der Waals surface area contributed by atoms with Crippen molar-refractivity contribution in [2.45, 2.75) is 38.1 Å². The fraction of sp³-hybridized carbons (Fsp3) is 0.500. The van der Waals surface area contributed by atoms with Gasteiger partial charge in [-0.25, -0.2) is 0 Å². The highest BCUT2D eigenvalue weighted by Crippen LogP contribution is 2.30. The van der Waals surface area contributed by atoms with Crippen molar-refractivity contribution in [1.82, 2.24) is 5.32 Å². The molecule has 1 fully saturated rings. The lowest BCUT2D eigenvalue weighted by molar-refractivity contribution is -0.123. The van der Waals surface area contributed by atoms with E-state index < -0.39 is 0 Å². The molecule has 3 N–H and O–H groups in total. The molecule has 0 saturated heterocycles. The number of carbonyl (C=O) groups is 1. The van der Waals surface area contributed by atoms with Crippen molar-refractivity contribution in [2.75, 3.05) is 6.54 Å². The molecular weight excluding hydrogens is 212 g/mol. The molecule has 0 heterocycles. The molecule has 0 unspecified atom stereocenters. The Hall–Kier alpha value is -1.35. The summed E-state index contributed by atoms with van der Waals surface area (Å²) in [6.07, 6.45) is 3.65. The van der Waals surface area contributed by atoms with E-state index in [0.29, 0.717) is 13.0 Å². The number of rotatable bonds is 4. The summed E-state index contributed by atoms with van der Waals surface area (Å²) in [5.74, 6) is 0.0824. The van der Waals surface area contributed by atoms with Crippen LogP contribution < -0.4 is 11.1 Å². The Bertz CT molecular complexity index is 388. The smallest absolute Gasteiger partial charge is 0.224 e. The van der Waals surface area contributed by atoms with Gasteiger partial charge in [-0.2, -0.15) is 0 Å². The topological polar surface area (TPSA) is 55.1 Å². The van der Waals surface area contributed by atoms with Crippen LogP contribution in [0.1, 0.15) is 30.4 Å². The van der Waals surface area contributed by atoms with Crippen LogP contribution in [0, 0.1) is 6.92 Å². The molecule has 3 nitrogen and oxygen atoms in total. The fourth-order valence-electron chi connectivity index (χ4n) is 2.21. The third kappa shape index (κ3) is 2.86. The maximum atomic E-state index is 11.9. The number of aryl methyl sites for hydroxylation is 1. The van der Waals surface area contributed by atoms with Gasteiger partial charge in [0.25, 0.3) is 0 Å². The normalized spacial score (nSPS) is 17.3. The highest BCUT2D eigenvalue weighted by molar-refractivity contribution is 5.79. The number of hydrogen-bond donors (Lipinski definition) is 2. The fourth-order valence-corrected chi connectivity index (χ4v) is 2.21. The summed E-state index contributed by atoms with van der Waals surface area (Å²) in [5, 5.41) is 3.08. The maximum Gasteiger partial charge on any atom is 0.224 e. The maximum absolute atomic E-state index is 11.9. The molecule has 0 aromatic heterocycles. The zero-order chi connectivity index (χ0) is 12.3. The van der Waals surface area contributed by atoms with E-state index in [1.165, 1.54) is 12.0 Å². The molecule has 1 amide bonds. The van der Waals surface area contributed by atoms with E-state index in [-0.39, 0.29) is 11.4 Å². The molecule has 17 heavy (non-hydrogen) atoms. The summed E-state index contributed by atoms with van der Waals surface area (Å²) in [7, 11) is 0. The average Bonchev–Trinajstić information content (AvgIpc) is 2.27.